The molecule has 6 aromatic rings. The van der Waals surface area contributed by atoms with Crippen LogP contribution in [0.1, 0.15) is 15.9 Å². The molecular weight excluding hydrogens is 296 g/mol. The maximum absolute atomic E-state index is 12.4. The lowest BCUT2D eigenvalue weighted by Crippen LogP contribution is -2.14. The van der Waals surface area contributed by atoms with Gasteiger partial charge >= 0.3 is 0 Å². The van der Waals surface area contributed by atoms with E-state index in [4.69, 9.17) is 0 Å². The molecule has 0 spiro atoms. The highest BCUT2D eigenvalue weighted by Gasteiger charge is 2.37. The van der Waals surface area contributed by atoms with Gasteiger partial charge in [0.05, 0.1) is 0 Å². The van der Waals surface area contributed by atoms with Crippen LogP contribution in [0.15, 0.2) is 53.3 Å². The molecule has 2 nitrogen and oxygen atoms in total. The first kappa shape index (κ1) is 11.3. The van der Waals surface area contributed by atoms with Gasteiger partial charge in [-0.2, -0.15) is 0 Å². The van der Waals surface area contributed by atoms with Gasteiger partial charge in [0.2, 0.25) is 0 Å². The van der Waals surface area contributed by atoms with Crippen LogP contribution in [0.25, 0.3) is 53.9 Å². The summed E-state index contributed by atoms with van der Waals surface area (Å²) < 4.78 is 0. The summed E-state index contributed by atoms with van der Waals surface area (Å²) in [4.78, 5) is 24.8. The third-order valence-electron chi connectivity index (χ3n) is 5.78. The summed E-state index contributed by atoms with van der Waals surface area (Å²) in [6.45, 7) is 0. The molecule has 0 saturated carbocycles. The molecular formula is C22H8O2. The predicted molar refractivity (Wildman–Crippen MR) is 97.2 cm³/mol. The van der Waals surface area contributed by atoms with Crippen molar-refractivity contribution in [2.75, 3.05) is 0 Å². The summed E-state index contributed by atoms with van der Waals surface area (Å²) in [6.07, 6.45) is 0. The van der Waals surface area contributed by atoms with Gasteiger partial charge in [-0.15, -0.1) is 0 Å². The quantitative estimate of drug-likeness (QED) is 0.301. The highest BCUT2D eigenvalue weighted by molar-refractivity contribution is 6.50. The van der Waals surface area contributed by atoms with Crippen molar-refractivity contribution in [2.45, 2.75) is 0 Å². The van der Waals surface area contributed by atoms with Gasteiger partial charge in [-0.05, 0) is 38.4 Å². The normalized spacial score (nSPS) is 14.1. The van der Waals surface area contributed by atoms with Crippen LogP contribution in [-0.2, 0) is 0 Å². The van der Waals surface area contributed by atoms with E-state index in [0.29, 0.717) is 10.9 Å². The minimum atomic E-state index is 0.0299. The van der Waals surface area contributed by atoms with Gasteiger partial charge in [0, 0.05) is 32.7 Å². The second-order valence-electron chi connectivity index (χ2n) is 6.78. The zero-order chi connectivity index (χ0) is 15.7. The molecule has 7 rings (SSSR count). The van der Waals surface area contributed by atoms with Crippen molar-refractivity contribution < 1.29 is 4.79 Å². The SMILES string of the molecule is O=C1c2ccc3c4cccc5cccc(c54)c4c5c(=O)c5c1c2c34. The summed E-state index contributed by atoms with van der Waals surface area (Å²) in [5, 5.41) is 10.4. The first-order valence-corrected chi connectivity index (χ1v) is 8.06. The van der Waals surface area contributed by atoms with Crippen LogP contribution < -0.4 is 5.43 Å². The van der Waals surface area contributed by atoms with Crippen molar-refractivity contribution in [2.24, 2.45) is 0 Å². The monoisotopic (exact) mass is 304 g/mol. The van der Waals surface area contributed by atoms with Gasteiger partial charge < -0.3 is 0 Å². The molecule has 0 aromatic heterocycles. The first-order chi connectivity index (χ1) is 11.8. The molecule has 0 fully saturated rings. The van der Waals surface area contributed by atoms with E-state index in [1.54, 1.807) is 0 Å². The molecule has 108 valence electrons. The largest absolute Gasteiger partial charge is 0.289 e. The standard InChI is InChI=1S/C22H8O2/c23-21-13-8-7-11-10-5-1-3-9-4-2-6-12(14(9)10)16-15(11)17(13)18(21)20-19(16)22(20)24/h1-8H. The number of fused-ring (bicyclic) bond motifs is 5. The van der Waals surface area contributed by atoms with Crippen LogP contribution in [0.3, 0.4) is 0 Å². The molecule has 0 amide bonds. The smallest absolute Gasteiger partial charge is 0.195 e. The predicted octanol–water partition coefficient (Wildman–Crippen LogP) is 4.67. The van der Waals surface area contributed by atoms with Crippen LogP contribution in [0.2, 0.25) is 0 Å². The Bertz CT molecular complexity index is 1570. The number of hydrogen-bond acceptors (Lipinski definition) is 2. The fourth-order valence-electron chi connectivity index (χ4n) is 4.78. The third-order valence-corrected chi connectivity index (χ3v) is 5.78. The Morgan fingerprint density at radius 1 is 0.542 bits per heavy atom. The summed E-state index contributed by atoms with van der Waals surface area (Å²) in [5.74, 6) is 0.0299. The summed E-state index contributed by atoms with van der Waals surface area (Å²) in [6, 6.07) is 16.6. The number of rotatable bonds is 0. The van der Waals surface area contributed by atoms with Crippen LogP contribution in [0, 0.1) is 0 Å². The topological polar surface area (TPSA) is 34.1 Å². The van der Waals surface area contributed by atoms with Gasteiger partial charge in [0.25, 0.3) is 0 Å². The van der Waals surface area contributed by atoms with Crippen LogP contribution in [-0.4, -0.2) is 5.78 Å². The Labute approximate surface area is 134 Å². The minimum Gasteiger partial charge on any atom is -0.289 e. The highest BCUT2D eigenvalue weighted by atomic mass is 16.1. The second kappa shape index (κ2) is 3.17. The second-order valence-corrected chi connectivity index (χ2v) is 6.78. The maximum atomic E-state index is 12.4. The van der Waals surface area contributed by atoms with E-state index in [1.807, 2.05) is 18.2 Å². The van der Waals surface area contributed by atoms with Gasteiger partial charge in [0.1, 0.15) is 0 Å². The highest BCUT2D eigenvalue weighted by Crippen LogP contribution is 2.50. The molecule has 0 N–H and O–H groups in total. The van der Waals surface area contributed by atoms with Gasteiger partial charge in [-0.1, -0.05) is 42.5 Å². The van der Waals surface area contributed by atoms with E-state index in [1.165, 1.54) is 16.2 Å². The molecule has 0 bridgehead atoms. The fraction of sp³-hybridized carbons (Fsp3) is 0. The van der Waals surface area contributed by atoms with Crippen molar-refractivity contribution in [3.63, 3.8) is 0 Å². The van der Waals surface area contributed by atoms with E-state index in [0.717, 1.165) is 37.9 Å². The van der Waals surface area contributed by atoms with Crippen LogP contribution in [0.5, 0.6) is 0 Å². The average Bonchev–Trinajstić information content (AvgIpc) is 3.26. The Morgan fingerprint density at radius 3 is 2.08 bits per heavy atom. The Hall–Kier alpha value is -3.26. The van der Waals surface area contributed by atoms with E-state index < -0.39 is 0 Å². The zero-order valence-electron chi connectivity index (χ0n) is 12.4. The van der Waals surface area contributed by atoms with Crippen LogP contribution >= 0.6 is 0 Å². The van der Waals surface area contributed by atoms with Gasteiger partial charge in [0.15, 0.2) is 11.2 Å². The van der Waals surface area contributed by atoms with E-state index in [9.17, 15) is 9.59 Å². The molecule has 0 aliphatic heterocycles. The van der Waals surface area contributed by atoms with Crippen molar-refractivity contribution in [3.8, 4) is 0 Å². The zero-order valence-corrected chi connectivity index (χ0v) is 12.4. The number of carbonyl (C=O) groups excluding carboxylic acids is 1. The maximum Gasteiger partial charge on any atom is 0.195 e. The third kappa shape index (κ3) is 0.928. The van der Waals surface area contributed by atoms with Gasteiger partial charge in [-0.25, -0.2) is 0 Å². The van der Waals surface area contributed by atoms with Crippen molar-refractivity contribution >= 4 is 59.6 Å². The molecule has 2 heteroatoms. The van der Waals surface area contributed by atoms with Crippen LogP contribution in [0.4, 0.5) is 0 Å². The lowest BCUT2D eigenvalue weighted by Gasteiger charge is -2.22. The summed E-state index contributed by atoms with van der Waals surface area (Å²) >= 11 is 0. The number of benzene rings is 5. The van der Waals surface area contributed by atoms with E-state index in [2.05, 4.69) is 30.3 Å². The first-order valence-electron chi connectivity index (χ1n) is 8.06. The average molecular weight is 304 g/mol. The molecule has 24 heavy (non-hydrogen) atoms. The minimum absolute atomic E-state index is 0.0299. The number of ketones is 1. The van der Waals surface area contributed by atoms with E-state index >= 15 is 0 Å². The van der Waals surface area contributed by atoms with Gasteiger partial charge in [-0.3, -0.25) is 9.59 Å². The Balaban J connectivity index is 2.02. The van der Waals surface area contributed by atoms with Crippen molar-refractivity contribution in [1.29, 1.82) is 0 Å². The van der Waals surface area contributed by atoms with Crippen molar-refractivity contribution in [1.82, 2.24) is 0 Å². The fourth-order valence-corrected chi connectivity index (χ4v) is 4.78. The molecule has 0 saturated heterocycles. The molecule has 1 aliphatic carbocycles. The summed E-state index contributed by atoms with van der Waals surface area (Å²) in [5.41, 5.74) is 1.48. The van der Waals surface area contributed by atoms with Crippen molar-refractivity contribution in [3.05, 3.63) is 69.9 Å². The molecule has 0 radical (unpaired) electrons. The number of hydrogen-bond donors (Lipinski definition) is 0. The number of carbonyl (C=O) groups is 1. The molecule has 0 atom stereocenters. The Morgan fingerprint density at radius 2 is 1.25 bits per heavy atom. The molecule has 0 unspecified atom stereocenters. The lowest BCUT2D eigenvalue weighted by molar-refractivity contribution is 0.103. The lowest BCUT2D eigenvalue weighted by atomic mass is 9.79. The summed E-state index contributed by atoms with van der Waals surface area (Å²) in [7, 11) is 0. The van der Waals surface area contributed by atoms with E-state index in [-0.39, 0.29) is 11.2 Å². The molecule has 0 heterocycles. The molecule has 1 aliphatic rings. The molecule has 6 aromatic carbocycles. The Kier molecular flexibility index (Phi) is 1.49.